The molecule has 2 N–H and O–H groups in total. The Labute approximate surface area is 90.2 Å². The van der Waals surface area contributed by atoms with Crippen molar-refractivity contribution in [1.82, 2.24) is 0 Å². The molecule has 15 heavy (non-hydrogen) atoms. The van der Waals surface area contributed by atoms with Crippen molar-refractivity contribution in [3.05, 3.63) is 29.6 Å². The fourth-order valence-electron chi connectivity index (χ4n) is 1.28. The summed E-state index contributed by atoms with van der Waals surface area (Å²) in [6.45, 7) is 6.22. The molecule has 1 aromatic carbocycles. The van der Waals surface area contributed by atoms with Crippen molar-refractivity contribution in [2.75, 3.05) is 6.54 Å². The third-order valence-electron chi connectivity index (χ3n) is 2.41. The van der Waals surface area contributed by atoms with E-state index in [4.69, 9.17) is 10.5 Å². The molecule has 0 aliphatic rings. The molecule has 0 bridgehead atoms. The van der Waals surface area contributed by atoms with E-state index >= 15 is 0 Å². The van der Waals surface area contributed by atoms with E-state index in [-0.39, 0.29) is 11.9 Å². The van der Waals surface area contributed by atoms with E-state index in [1.807, 2.05) is 13.8 Å². The van der Waals surface area contributed by atoms with Crippen LogP contribution < -0.4 is 10.5 Å². The van der Waals surface area contributed by atoms with Gasteiger partial charge in [0, 0.05) is 12.6 Å². The topological polar surface area (TPSA) is 35.2 Å². The Morgan fingerprint density at radius 3 is 2.53 bits per heavy atom. The first-order valence-corrected chi connectivity index (χ1v) is 5.17. The van der Waals surface area contributed by atoms with Crippen LogP contribution in [-0.4, -0.2) is 12.6 Å². The summed E-state index contributed by atoms with van der Waals surface area (Å²) >= 11 is 0. The van der Waals surface area contributed by atoms with Gasteiger partial charge < -0.3 is 10.5 Å². The minimum Gasteiger partial charge on any atom is -0.489 e. The fourth-order valence-corrected chi connectivity index (χ4v) is 1.28. The Bertz CT molecular complexity index is 325. The molecule has 0 aliphatic carbocycles. The van der Waals surface area contributed by atoms with Gasteiger partial charge in [-0.25, -0.2) is 4.39 Å². The highest BCUT2D eigenvalue weighted by Crippen LogP contribution is 2.18. The number of benzene rings is 1. The third kappa shape index (κ3) is 3.20. The second-order valence-corrected chi connectivity index (χ2v) is 4.05. The Hall–Kier alpha value is -1.09. The van der Waals surface area contributed by atoms with Crippen LogP contribution in [-0.2, 0) is 0 Å². The molecule has 0 spiro atoms. The van der Waals surface area contributed by atoms with Gasteiger partial charge in [-0.2, -0.15) is 0 Å². The second kappa shape index (κ2) is 5.12. The minimum atomic E-state index is -0.243. The Kier molecular flexibility index (Phi) is 4.09. The Balaban J connectivity index is 2.75. The Morgan fingerprint density at radius 1 is 1.40 bits per heavy atom. The van der Waals surface area contributed by atoms with Crippen LogP contribution in [0.5, 0.6) is 5.75 Å². The van der Waals surface area contributed by atoms with Gasteiger partial charge in [0.15, 0.2) is 0 Å². The second-order valence-electron chi connectivity index (χ2n) is 4.05. The van der Waals surface area contributed by atoms with Crippen molar-refractivity contribution in [1.29, 1.82) is 0 Å². The van der Waals surface area contributed by atoms with Crippen molar-refractivity contribution in [3.63, 3.8) is 0 Å². The zero-order chi connectivity index (χ0) is 11.4. The largest absolute Gasteiger partial charge is 0.489 e. The zero-order valence-corrected chi connectivity index (χ0v) is 9.46. The first kappa shape index (κ1) is 12.0. The summed E-state index contributed by atoms with van der Waals surface area (Å²) in [6.07, 6.45) is -0.0629. The van der Waals surface area contributed by atoms with Gasteiger partial charge in [0.1, 0.15) is 17.7 Å². The van der Waals surface area contributed by atoms with Crippen LogP contribution in [0.2, 0.25) is 0 Å². The molecule has 1 aromatic rings. The molecule has 0 fully saturated rings. The monoisotopic (exact) mass is 211 g/mol. The molecular formula is C12H18FNO. The highest BCUT2D eigenvalue weighted by Gasteiger charge is 2.13. The number of aryl methyl sites for hydroxylation is 1. The van der Waals surface area contributed by atoms with Crippen LogP contribution in [0.3, 0.4) is 0 Å². The SMILES string of the molecule is Cc1ccc(OC(CN)C(C)C)cc1F. The molecule has 2 nitrogen and oxygen atoms in total. The van der Waals surface area contributed by atoms with Crippen molar-refractivity contribution < 1.29 is 9.13 Å². The fraction of sp³-hybridized carbons (Fsp3) is 0.500. The summed E-state index contributed by atoms with van der Waals surface area (Å²) in [6, 6.07) is 4.88. The van der Waals surface area contributed by atoms with Crippen LogP contribution in [0, 0.1) is 18.7 Å². The lowest BCUT2D eigenvalue weighted by Crippen LogP contribution is -2.31. The highest BCUT2D eigenvalue weighted by molar-refractivity contribution is 5.28. The van der Waals surface area contributed by atoms with E-state index in [9.17, 15) is 4.39 Å². The van der Waals surface area contributed by atoms with Crippen LogP contribution in [0.4, 0.5) is 4.39 Å². The molecule has 0 heterocycles. The molecule has 0 saturated carbocycles. The number of hydrogen-bond donors (Lipinski definition) is 1. The molecule has 1 unspecified atom stereocenters. The average molecular weight is 211 g/mol. The van der Waals surface area contributed by atoms with Crippen LogP contribution in [0.25, 0.3) is 0 Å². The molecule has 0 aromatic heterocycles. The van der Waals surface area contributed by atoms with Gasteiger partial charge in [-0.15, -0.1) is 0 Å². The van der Waals surface area contributed by atoms with E-state index in [1.165, 1.54) is 6.07 Å². The molecule has 0 saturated heterocycles. The van der Waals surface area contributed by atoms with Crippen molar-refractivity contribution in [2.24, 2.45) is 11.7 Å². The predicted octanol–water partition coefficient (Wildman–Crippen LogP) is 2.50. The number of hydrogen-bond acceptors (Lipinski definition) is 2. The number of ether oxygens (including phenoxy) is 1. The molecule has 1 atom stereocenters. The molecule has 84 valence electrons. The first-order valence-electron chi connectivity index (χ1n) is 5.17. The molecule has 3 heteroatoms. The summed E-state index contributed by atoms with van der Waals surface area (Å²) in [4.78, 5) is 0. The zero-order valence-electron chi connectivity index (χ0n) is 9.46. The van der Waals surface area contributed by atoms with Crippen molar-refractivity contribution in [2.45, 2.75) is 26.9 Å². The maximum atomic E-state index is 13.2. The van der Waals surface area contributed by atoms with Crippen molar-refractivity contribution in [3.8, 4) is 5.75 Å². The molecular weight excluding hydrogens is 193 g/mol. The van der Waals surface area contributed by atoms with Gasteiger partial charge in [-0.1, -0.05) is 19.9 Å². The van der Waals surface area contributed by atoms with Crippen LogP contribution >= 0.6 is 0 Å². The highest BCUT2D eigenvalue weighted by atomic mass is 19.1. The smallest absolute Gasteiger partial charge is 0.129 e. The molecule has 0 aliphatic heterocycles. The summed E-state index contributed by atoms with van der Waals surface area (Å²) in [5.74, 6) is 0.619. The van der Waals surface area contributed by atoms with Gasteiger partial charge in [-0.05, 0) is 24.5 Å². The Morgan fingerprint density at radius 2 is 2.07 bits per heavy atom. The third-order valence-corrected chi connectivity index (χ3v) is 2.41. The van der Waals surface area contributed by atoms with Crippen LogP contribution in [0.15, 0.2) is 18.2 Å². The first-order chi connectivity index (χ1) is 7.04. The summed E-state index contributed by atoms with van der Waals surface area (Å²) in [5.41, 5.74) is 6.19. The summed E-state index contributed by atoms with van der Waals surface area (Å²) in [7, 11) is 0. The molecule has 1 rings (SSSR count). The van der Waals surface area contributed by atoms with E-state index in [0.717, 1.165) is 0 Å². The number of nitrogens with two attached hydrogens (primary N) is 1. The summed E-state index contributed by atoms with van der Waals surface area (Å²) in [5, 5.41) is 0. The maximum absolute atomic E-state index is 13.2. The minimum absolute atomic E-state index is 0.0629. The lowest BCUT2D eigenvalue weighted by atomic mass is 10.1. The number of rotatable bonds is 4. The van der Waals surface area contributed by atoms with Gasteiger partial charge >= 0.3 is 0 Å². The van der Waals surface area contributed by atoms with E-state index in [2.05, 4.69) is 0 Å². The quantitative estimate of drug-likeness (QED) is 0.830. The van der Waals surface area contributed by atoms with Gasteiger partial charge in [0.25, 0.3) is 0 Å². The predicted molar refractivity (Wildman–Crippen MR) is 59.4 cm³/mol. The van der Waals surface area contributed by atoms with E-state index < -0.39 is 0 Å². The van der Waals surface area contributed by atoms with E-state index in [0.29, 0.717) is 23.8 Å². The van der Waals surface area contributed by atoms with Crippen molar-refractivity contribution >= 4 is 0 Å². The average Bonchev–Trinajstić information content (AvgIpc) is 2.19. The van der Waals surface area contributed by atoms with Gasteiger partial charge in [-0.3, -0.25) is 0 Å². The standard InChI is InChI=1S/C12H18FNO/c1-8(2)12(7-14)15-10-5-4-9(3)11(13)6-10/h4-6,8,12H,7,14H2,1-3H3. The summed E-state index contributed by atoms with van der Waals surface area (Å²) < 4.78 is 18.8. The molecule has 0 amide bonds. The lowest BCUT2D eigenvalue weighted by Gasteiger charge is -2.21. The number of halogens is 1. The van der Waals surface area contributed by atoms with Crippen LogP contribution in [0.1, 0.15) is 19.4 Å². The molecule has 0 radical (unpaired) electrons. The van der Waals surface area contributed by atoms with Gasteiger partial charge in [0.05, 0.1) is 0 Å². The maximum Gasteiger partial charge on any atom is 0.129 e. The lowest BCUT2D eigenvalue weighted by molar-refractivity contribution is 0.158. The van der Waals surface area contributed by atoms with E-state index in [1.54, 1.807) is 19.1 Å². The van der Waals surface area contributed by atoms with Gasteiger partial charge in [0.2, 0.25) is 0 Å². The normalized spacial score (nSPS) is 12.9.